The Labute approximate surface area is 151 Å². The van der Waals surface area contributed by atoms with Gasteiger partial charge < -0.3 is 20.1 Å². The van der Waals surface area contributed by atoms with Crippen molar-refractivity contribution in [3.8, 4) is 0 Å². The van der Waals surface area contributed by atoms with Gasteiger partial charge in [-0.2, -0.15) is 0 Å². The average molecular weight is 362 g/mol. The van der Waals surface area contributed by atoms with Crippen LogP contribution in [0.2, 0.25) is 0 Å². The summed E-state index contributed by atoms with van der Waals surface area (Å²) in [6.45, 7) is 2.13. The van der Waals surface area contributed by atoms with Crippen molar-refractivity contribution in [2.24, 2.45) is 0 Å². The lowest BCUT2D eigenvalue weighted by Gasteiger charge is -2.27. The monoisotopic (exact) mass is 362 g/mol. The Balaban J connectivity index is 1.84. The van der Waals surface area contributed by atoms with Crippen LogP contribution in [0.25, 0.3) is 0 Å². The number of nitrogens with zero attached hydrogens (tertiary/aromatic N) is 1. The van der Waals surface area contributed by atoms with Gasteiger partial charge in [-0.15, -0.1) is 0 Å². The first-order chi connectivity index (χ1) is 12.4. The predicted octanol–water partition coefficient (Wildman–Crippen LogP) is -1.01. The highest BCUT2D eigenvalue weighted by Crippen LogP contribution is 2.31. The molecule has 0 bridgehead atoms. The molecule has 3 N–H and O–H groups in total. The number of urea groups is 1. The molecule has 0 saturated carbocycles. The van der Waals surface area contributed by atoms with Crippen LogP contribution in [0.1, 0.15) is 25.3 Å². The van der Waals surface area contributed by atoms with E-state index in [4.69, 9.17) is 4.74 Å². The molecule has 8 heteroatoms. The summed E-state index contributed by atoms with van der Waals surface area (Å²) in [4.78, 5) is 39.4. The minimum absolute atomic E-state index is 0.01000. The van der Waals surface area contributed by atoms with Gasteiger partial charge in [0.05, 0.1) is 7.11 Å². The molecule has 1 unspecified atom stereocenters. The number of nitrogens with one attached hydrogen (secondary N) is 2. The SMILES string of the molecule is CC[C@@]1(c2ccccc2)NC(=O)N(C[NH+]2C[C@H](O)C[C@H]2C(=O)OC)C1=O. The summed E-state index contributed by atoms with van der Waals surface area (Å²) in [5, 5.41) is 12.7. The molecule has 3 amide bonds. The Morgan fingerprint density at radius 1 is 1.38 bits per heavy atom. The molecule has 2 aliphatic rings. The Morgan fingerprint density at radius 2 is 2.08 bits per heavy atom. The Kier molecular flexibility index (Phi) is 4.97. The van der Waals surface area contributed by atoms with E-state index in [9.17, 15) is 19.5 Å². The molecule has 140 valence electrons. The highest BCUT2D eigenvalue weighted by Gasteiger charge is 2.53. The fourth-order valence-corrected chi connectivity index (χ4v) is 3.88. The maximum absolute atomic E-state index is 13.1. The topological polar surface area (TPSA) is 100 Å². The lowest BCUT2D eigenvalue weighted by molar-refractivity contribution is -0.912. The van der Waals surface area contributed by atoms with E-state index in [0.29, 0.717) is 11.3 Å². The van der Waals surface area contributed by atoms with Crippen molar-refractivity contribution < 1.29 is 29.1 Å². The number of rotatable bonds is 5. The van der Waals surface area contributed by atoms with E-state index >= 15 is 0 Å². The molecular weight excluding hydrogens is 338 g/mol. The van der Waals surface area contributed by atoms with Crippen molar-refractivity contribution in [1.29, 1.82) is 0 Å². The Morgan fingerprint density at radius 3 is 2.69 bits per heavy atom. The molecule has 3 rings (SSSR count). The highest BCUT2D eigenvalue weighted by atomic mass is 16.5. The second-order valence-electron chi connectivity index (χ2n) is 6.77. The van der Waals surface area contributed by atoms with Gasteiger partial charge in [0.2, 0.25) is 0 Å². The molecule has 2 heterocycles. The van der Waals surface area contributed by atoms with Gasteiger partial charge >= 0.3 is 12.0 Å². The zero-order chi connectivity index (χ0) is 18.9. The van der Waals surface area contributed by atoms with Gasteiger partial charge in [0.1, 0.15) is 18.2 Å². The number of carbonyl (C=O) groups is 3. The quantitative estimate of drug-likeness (QED) is 0.460. The average Bonchev–Trinajstić information content (AvgIpc) is 3.14. The predicted molar refractivity (Wildman–Crippen MR) is 90.9 cm³/mol. The van der Waals surface area contributed by atoms with Crippen LogP contribution in [0.3, 0.4) is 0 Å². The first-order valence-corrected chi connectivity index (χ1v) is 8.73. The maximum Gasteiger partial charge on any atom is 0.364 e. The van der Waals surface area contributed by atoms with Gasteiger partial charge in [-0.3, -0.25) is 4.79 Å². The standard InChI is InChI=1S/C18H23N3O5/c1-3-18(12-7-5-4-6-8-12)16(24)21(17(25)19-18)11-20-10-13(22)9-14(20)15(23)26-2/h4-8,13-14,22H,3,9-11H2,1-2H3,(H,19,25)/p+1/t13-,14+,18+/m1/s1. The Bertz CT molecular complexity index is 710. The van der Waals surface area contributed by atoms with Gasteiger partial charge in [0.25, 0.3) is 5.91 Å². The summed E-state index contributed by atoms with van der Waals surface area (Å²) in [7, 11) is 1.29. The van der Waals surface area contributed by atoms with Crippen molar-refractivity contribution in [3.63, 3.8) is 0 Å². The summed E-state index contributed by atoms with van der Waals surface area (Å²) in [6.07, 6.45) is -0.000333. The molecule has 8 nitrogen and oxygen atoms in total. The minimum Gasteiger partial charge on any atom is -0.465 e. The molecule has 26 heavy (non-hydrogen) atoms. The van der Waals surface area contributed by atoms with Crippen molar-refractivity contribution in [1.82, 2.24) is 10.2 Å². The molecule has 0 aromatic heterocycles. The van der Waals surface area contributed by atoms with Crippen LogP contribution >= 0.6 is 0 Å². The molecule has 1 aromatic rings. The normalized spacial score (nSPS) is 31.2. The third kappa shape index (κ3) is 2.95. The van der Waals surface area contributed by atoms with Crippen LogP contribution in [0.5, 0.6) is 0 Å². The van der Waals surface area contributed by atoms with E-state index in [1.54, 1.807) is 0 Å². The molecule has 4 atom stereocenters. The van der Waals surface area contributed by atoms with Crippen LogP contribution < -0.4 is 10.2 Å². The summed E-state index contributed by atoms with van der Waals surface area (Å²) in [6, 6.07) is 8.04. The van der Waals surface area contributed by atoms with Crippen LogP contribution in [0.4, 0.5) is 4.79 Å². The van der Waals surface area contributed by atoms with E-state index in [1.165, 1.54) is 7.11 Å². The fourth-order valence-electron chi connectivity index (χ4n) is 3.88. The van der Waals surface area contributed by atoms with E-state index in [2.05, 4.69) is 5.32 Å². The summed E-state index contributed by atoms with van der Waals surface area (Å²) < 4.78 is 4.79. The smallest absolute Gasteiger partial charge is 0.364 e. The van der Waals surface area contributed by atoms with Crippen LogP contribution in [-0.4, -0.2) is 60.4 Å². The molecule has 0 spiro atoms. The number of likely N-dealkylation sites (tertiary alicyclic amines) is 1. The number of amides is 3. The third-order valence-corrected chi connectivity index (χ3v) is 5.32. The number of aliphatic hydroxyl groups excluding tert-OH is 1. The number of carbonyl (C=O) groups excluding carboxylic acids is 3. The molecule has 1 aromatic carbocycles. The summed E-state index contributed by atoms with van der Waals surface area (Å²) in [5.41, 5.74) is -0.374. The second-order valence-corrected chi connectivity index (χ2v) is 6.77. The number of imide groups is 1. The van der Waals surface area contributed by atoms with Crippen molar-refractivity contribution >= 4 is 17.9 Å². The molecule has 0 radical (unpaired) electrons. The van der Waals surface area contributed by atoms with Gasteiger partial charge in [-0.25, -0.2) is 14.5 Å². The number of methoxy groups -OCH3 is 1. The Hall–Kier alpha value is -2.45. The molecule has 0 aliphatic carbocycles. The zero-order valence-electron chi connectivity index (χ0n) is 14.9. The molecule has 2 fully saturated rings. The number of quaternary nitrogens is 1. The summed E-state index contributed by atoms with van der Waals surface area (Å²) in [5.74, 6) is -0.790. The van der Waals surface area contributed by atoms with Gasteiger partial charge in [-0.05, 0) is 12.0 Å². The largest absolute Gasteiger partial charge is 0.465 e. The van der Waals surface area contributed by atoms with Crippen LogP contribution in [-0.2, 0) is 19.9 Å². The van der Waals surface area contributed by atoms with E-state index in [-0.39, 0.29) is 25.5 Å². The van der Waals surface area contributed by atoms with Gasteiger partial charge in [0.15, 0.2) is 12.7 Å². The highest BCUT2D eigenvalue weighted by molar-refractivity contribution is 6.07. The minimum atomic E-state index is -1.10. The van der Waals surface area contributed by atoms with Crippen molar-refractivity contribution in [2.45, 2.75) is 37.5 Å². The van der Waals surface area contributed by atoms with Crippen LogP contribution in [0, 0.1) is 0 Å². The van der Waals surface area contributed by atoms with Gasteiger partial charge in [-0.1, -0.05) is 37.3 Å². The van der Waals surface area contributed by atoms with Crippen molar-refractivity contribution in [2.75, 3.05) is 20.3 Å². The molecule has 2 saturated heterocycles. The number of ether oxygens (including phenoxy) is 1. The summed E-state index contributed by atoms with van der Waals surface area (Å²) >= 11 is 0. The molecule has 2 aliphatic heterocycles. The number of hydrogen-bond donors (Lipinski definition) is 3. The number of hydrogen-bond acceptors (Lipinski definition) is 5. The van der Waals surface area contributed by atoms with Gasteiger partial charge in [0, 0.05) is 6.42 Å². The third-order valence-electron chi connectivity index (χ3n) is 5.32. The lowest BCUT2D eigenvalue weighted by atomic mass is 9.87. The second kappa shape index (κ2) is 7.05. The number of benzene rings is 1. The lowest BCUT2D eigenvalue weighted by Crippen LogP contribution is -3.16. The fraction of sp³-hybridized carbons (Fsp3) is 0.500. The first-order valence-electron chi connectivity index (χ1n) is 8.73. The number of aliphatic hydroxyl groups is 1. The van der Waals surface area contributed by atoms with E-state index in [1.807, 2.05) is 37.3 Å². The molecular formula is C18H24N3O5+. The first kappa shape index (κ1) is 18.3. The van der Waals surface area contributed by atoms with Crippen molar-refractivity contribution in [3.05, 3.63) is 35.9 Å². The van der Waals surface area contributed by atoms with E-state index < -0.39 is 29.7 Å². The van der Waals surface area contributed by atoms with E-state index in [0.717, 1.165) is 10.5 Å². The zero-order valence-corrected chi connectivity index (χ0v) is 14.9. The van der Waals surface area contributed by atoms with Crippen LogP contribution in [0.15, 0.2) is 30.3 Å². The maximum atomic E-state index is 13.1. The number of esters is 1.